The van der Waals surface area contributed by atoms with Crippen molar-refractivity contribution in [2.75, 3.05) is 5.32 Å². The summed E-state index contributed by atoms with van der Waals surface area (Å²) in [4.78, 5) is 23.6. The number of allylic oxidation sites excluding steroid dienone is 2. The SMILES string of the molecule is Cc1cccc(C)c1NC(=O)C1CC=CCC1C(=O)O. The number of aryl methyl sites for hydroxylation is 2. The highest BCUT2D eigenvalue weighted by molar-refractivity contribution is 5.96. The summed E-state index contributed by atoms with van der Waals surface area (Å²) >= 11 is 0. The quantitative estimate of drug-likeness (QED) is 0.832. The van der Waals surface area contributed by atoms with Gasteiger partial charge in [0.1, 0.15) is 0 Å². The van der Waals surface area contributed by atoms with Gasteiger partial charge in [-0.25, -0.2) is 0 Å². The number of carbonyl (C=O) groups excluding carboxylic acids is 1. The molecule has 1 amide bonds. The number of hydrogen-bond donors (Lipinski definition) is 2. The molecule has 1 aromatic carbocycles. The van der Waals surface area contributed by atoms with Crippen molar-refractivity contribution >= 4 is 17.6 Å². The number of carboxylic acid groups (broad SMARTS) is 1. The molecule has 2 unspecified atom stereocenters. The van der Waals surface area contributed by atoms with Gasteiger partial charge in [0.05, 0.1) is 11.8 Å². The number of carbonyl (C=O) groups is 2. The first-order valence-electron chi connectivity index (χ1n) is 6.75. The lowest BCUT2D eigenvalue weighted by Crippen LogP contribution is -2.35. The van der Waals surface area contributed by atoms with E-state index in [2.05, 4.69) is 5.32 Å². The van der Waals surface area contributed by atoms with Gasteiger partial charge in [-0.1, -0.05) is 30.4 Å². The Morgan fingerprint density at radius 2 is 1.65 bits per heavy atom. The second kappa shape index (κ2) is 5.90. The van der Waals surface area contributed by atoms with Gasteiger partial charge in [-0.05, 0) is 37.8 Å². The van der Waals surface area contributed by atoms with E-state index < -0.39 is 17.8 Å². The van der Waals surface area contributed by atoms with Crippen LogP contribution in [-0.4, -0.2) is 17.0 Å². The van der Waals surface area contributed by atoms with Crippen molar-refractivity contribution in [3.63, 3.8) is 0 Å². The molecule has 0 aromatic heterocycles. The Kier molecular flexibility index (Phi) is 4.23. The van der Waals surface area contributed by atoms with Gasteiger partial charge in [0.2, 0.25) is 5.91 Å². The molecule has 1 aliphatic rings. The van der Waals surface area contributed by atoms with Crippen LogP contribution >= 0.6 is 0 Å². The van der Waals surface area contributed by atoms with Crippen LogP contribution in [0, 0.1) is 25.7 Å². The van der Waals surface area contributed by atoms with E-state index >= 15 is 0 Å². The fourth-order valence-electron chi connectivity index (χ4n) is 2.60. The second-order valence-corrected chi connectivity index (χ2v) is 5.25. The summed E-state index contributed by atoms with van der Waals surface area (Å²) in [5, 5.41) is 12.1. The Morgan fingerprint density at radius 1 is 1.10 bits per heavy atom. The van der Waals surface area contributed by atoms with E-state index in [0.717, 1.165) is 16.8 Å². The molecule has 20 heavy (non-hydrogen) atoms. The van der Waals surface area contributed by atoms with Crippen LogP contribution in [0.25, 0.3) is 0 Å². The summed E-state index contributed by atoms with van der Waals surface area (Å²) in [5.41, 5.74) is 2.75. The molecule has 2 N–H and O–H groups in total. The maximum absolute atomic E-state index is 12.4. The van der Waals surface area contributed by atoms with Crippen molar-refractivity contribution in [3.05, 3.63) is 41.5 Å². The molecule has 0 heterocycles. The first-order valence-corrected chi connectivity index (χ1v) is 6.75. The third-order valence-electron chi connectivity index (χ3n) is 3.82. The van der Waals surface area contributed by atoms with Crippen molar-refractivity contribution in [2.24, 2.45) is 11.8 Å². The van der Waals surface area contributed by atoms with E-state index in [0.29, 0.717) is 12.8 Å². The fraction of sp³-hybridized carbons (Fsp3) is 0.375. The number of rotatable bonds is 3. The third-order valence-corrected chi connectivity index (χ3v) is 3.82. The Labute approximate surface area is 118 Å². The minimum atomic E-state index is -0.906. The molecule has 1 aromatic rings. The first kappa shape index (κ1) is 14.3. The molecule has 4 nitrogen and oxygen atoms in total. The van der Waals surface area contributed by atoms with Gasteiger partial charge in [-0.3, -0.25) is 9.59 Å². The maximum Gasteiger partial charge on any atom is 0.307 e. The van der Waals surface area contributed by atoms with Crippen molar-refractivity contribution in [3.8, 4) is 0 Å². The average Bonchev–Trinajstić information content (AvgIpc) is 2.43. The number of hydrogen-bond acceptors (Lipinski definition) is 2. The van der Waals surface area contributed by atoms with Crippen molar-refractivity contribution in [2.45, 2.75) is 26.7 Å². The largest absolute Gasteiger partial charge is 0.481 e. The lowest BCUT2D eigenvalue weighted by molar-refractivity contribution is -0.146. The Morgan fingerprint density at radius 3 is 2.20 bits per heavy atom. The zero-order valence-corrected chi connectivity index (χ0v) is 11.7. The highest BCUT2D eigenvalue weighted by Gasteiger charge is 2.34. The van der Waals surface area contributed by atoms with E-state index in [1.165, 1.54) is 0 Å². The minimum absolute atomic E-state index is 0.209. The molecule has 4 heteroatoms. The fourth-order valence-corrected chi connectivity index (χ4v) is 2.60. The summed E-state index contributed by atoms with van der Waals surface area (Å²) in [6.07, 6.45) is 4.61. The standard InChI is InChI=1S/C16H19NO3/c1-10-6-5-7-11(2)14(10)17-15(18)12-8-3-4-9-13(12)16(19)20/h3-7,12-13H,8-9H2,1-2H3,(H,17,18)(H,19,20). The maximum atomic E-state index is 12.4. The van der Waals surface area contributed by atoms with Gasteiger partial charge in [0.15, 0.2) is 0 Å². The molecule has 0 aliphatic heterocycles. The van der Waals surface area contributed by atoms with Gasteiger partial charge in [-0.2, -0.15) is 0 Å². The van der Waals surface area contributed by atoms with Gasteiger partial charge >= 0.3 is 5.97 Å². The zero-order chi connectivity index (χ0) is 14.7. The normalized spacial score (nSPS) is 21.5. The summed E-state index contributed by atoms with van der Waals surface area (Å²) in [6.45, 7) is 3.86. The smallest absolute Gasteiger partial charge is 0.307 e. The number of amides is 1. The molecule has 2 rings (SSSR count). The summed E-state index contributed by atoms with van der Waals surface area (Å²) in [7, 11) is 0. The van der Waals surface area contributed by atoms with Crippen LogP contribution in [0.1, 0.15) is 24.0 Å². The lowest BCUT2D eigenvalue weighted by Gasteiger charge is -2.25. The lowest BCUT2D eigenvalue weighted by atomic mass is 9.82. The summed E-state index contributed by atoms with van der Waals surface area (Å²) in [6, 6.07) is 5.79. The number of carboxylic acids is 1. The Balaban J connectivity index is 2.19. The summed E-state index contributed by atoms with van der Waals surface area (Å²) in [5.74, 6) is -2.25. The van der Waals surface area contributed by atoms with Crippen molar-refractivity contribution < 1.29 is 14.7 Å². The van der Waals surface area contributed by atoms with Crippen LogP contribution < -0.4 is 5.32 Å². The third kappa shape index (κ3) is 2.90. The number of nitrogens with one attached hydrogen (secondary N) is 1. The molecule has 0 fully saturated rings. The molecule has 1 aliphatic carbocycles. The van der Waals surface area contributed by atoms with Crippen LogP contribution in [0.2, 0.25) is 0 Å². The van der Waals surface area contributed by atoms with Crippen LogP contribution in [0.5, 0.6) is 0 Å². The predicted molar refractivity (Wildman–Crippen MR) is 77.5 cm³/mol. The first-order chi connectivity index (χ1) is 9.50. The summed E-state index contributed by atoms with van der Waals surface area (Å²) < 4.78 is 0. The zero-order valence-electron chi connectivity index (χ0n) is 11.7. The van der Waals surface area contributed by atoms with Crippen molar-refractivity contribution in [1.82, 2.24) is 0 Å². The van der Waals surface area contributed by atoms with Crippen LogP contribution in [0.4, 0.5) is 5.69 Å². The molecule has 0 saturated carbocycles. The second-order valence-electron chi connectivity index (χ2n) is 5.25. The molecular weight excluding hydrogens is 254 g/mol. The average molecular weight is 273 g/mol. The number of anilines is 1. The number of para-hydroxylation sites is 1. The number of aliphatic carboxylic acids is 1. The Bertz CT molecular complexity index is 543. The topological polar surface area (TPSA) is 66.4 Å². The van der Waals surface area contributed by atoms with Gasteiger partial charge < -0.3 is 10.4 Å². The van der Waals surface area contributed by atoms with Crippen LogP contribution in [0.15, 0.2) is 30.4 Å². The highest BCUT2D eigenvalue weighted by atomic mass is 16.4. The molecule has 0 radical (unpaired) electrons. The molecule has 0 bridgehead atoms. The Hall–Kier alpha value is -2.10. The molecule has 106 valence electrons. The van der Waals surface area contributed by atoms with Crippen LogP contribution in [-0.2, 0) is 9.59 Å². The van der Waals surface area contributed by atoms with E-state index in [4.69, 9.17) is 0 Å². The van der Waals surface area contributed by atoms with E-state index in [-0.39, 0.29) is 5.91 Å². The molecule has 2 atom stereocenters. The molecule has 0 spiro atoms. The predicted octanol–water partition coefficient (Wildman–Crippen LogP) is 2.91. The van der Waals surface area contributed by atoms with Gasteiger partial charge in [0, 0.05) is 5.69 Å². The monoisotopic (exact) mass is 273 g/mol. The minimum Gasteiger partial charge on any atom is -0.481 e. The van der Waals surface area contributed by atoms with E-state index in [9.17, 15) is 14.7 Å². The number of benzene rings is 1. The van der Waals surface area contributed by atoms with Crippen LogP contribution in [0.3, 0.4) is 0 Å². The van der Waals surface area contributed by atoms with Crippen molar-refractivity contribution in [1.29, 1.82) is 0 Å². The van der Waals surface area contributed by atoms with E-state index in [1.54, 1.807) is 0 Å². The van der Waals surface area contributed by atoms with Gasteiger partial charge in [0.25, 0.3) is 0 Å². The highest BCUT2D eigenvalue weighted by Crippen LogP contribution is 2.28. The van der Waals surface area contributed by atoms with Gasteiger partial charge in [-0.15, -0.1) is 0 Å². The molecule has 0 saturated heterocycles. The van der Waals surface area contributed by atoms with E-state index in [1.807, 2.05) is 44.2 Å². The molecular formula is C16H19NO3.